The second kappa shape index (κ2) is 5.28. The summed E-state index contributed by atoms with van der Waals surface area (Å²) in [6.07, 6.45) is 1.89. The molecule has 3 aromatic rings. The molecule has 0 unspecified atom stereocenters. The van der Waals surface area contributed by atoms with E-state index in [4.69, 9.17) is 0 Å². The van der Waals surface area contributed by atoms with Crippen LogP contribution in [-0.2, 0) is 6.54 Å². The Bertz CT molecular complexity index is 808. The van der Waals surface area contributed by atoms with Crippen molar-refractivity contribution in [3.05, 3.63) is 69.9 Å². The third-order valence-corrected chi connectivity index (χ3v) is 3.49. The molecule has 0 spiro atoms. The standard InChI is InChI=1S/C16H15N3O2/c1-11-5-6-15(19(20)21)14(9-11)18-10-13-4-2-3-12-7-8-17-16(12)13/h2-9,17-18H,10H2,1H3. The van der Waals surface area contributed by atoms with Crippen LogP contribution in [-0.4, -0.2) is 9.91 Å². The van der Waals surface area contributed by atoms with Crippen LogP contribution in [0.2, 0.25) is 0 Å². The minimum atomic E-state index is -0.364. The van der Waals surface area contributed by atoms with E-state index in [0.29, 0.717) is 12.2 Å². The van der Waals surface area contributed by atoms with Crippen LogP contribution >= 0.6 is 0 Å². The minimum absolute atomic E-state index is 0.0965. The predicted octanol–water partition coefficient (Wildman–Crippen LogP) is 4.00. The molecule has 5 heteroatoms. The van der Waals surface area contributed by atoms with Crippen molar-refractivity contribution in [2.45, 2.75) is 13.5 Å². The lowest BCUT2D eigenvalue weighted by Crippen LogP contribution is -2.03. The summed E-state index contributed by atoms with van der Waals surface area (Å²) in [5.41, 5.74) is 3.76. The fraction of sp³-hybridized carbons (Fsp3) is 0.125. The van der Waals surface area contributed by atoms with Crippen LogP contribution in [0.5, 0.6) is 0 Å². The molecule has 0 bridgehead atoms. The lowest BCUT2D eigenvalue weighted by molar-refractivity contribution is -0.384. The molecule has 0 aliphatic rings. The first kappa shape index (κ1) is 13.2. The van der Waals surface area contributed by atoms with Gasteiger partial charge in [0.1, 0.15) is 5.69 Å². The highest BCUT2D eigenvalue weighted by atomic mass is 16.6. The number of aryl methyl sites for hydroxylation is 1. The fourth-order valence-corrected chi connectivity index (χ4v) is 2.44. The highest BCUT2D eigenvalue weighted by molar-refractivity contribution is 5.82. The van der Waals surface area contributed by atoms with Crippen molar-refractivity contribution in [1.82, 2.24) is 4.98 Å². The van der Waals surface area contributed by atoms with Gasteiger partial charge in [0.15, 0.2) is 0 Å². The molecule has 106 valence electrons. The number of hydrogen-bond donors (Lipinski definition) is 2. The zero-order valence-corrected chi connectivity index (χ0v) is 11.6. The SMILES string of the molecule is Cc1ccc([N+](=O)[O-])c(NCc2cccc3cc[nH]c23)c1. The lowest BCUT2D eigenvalue weighted by Gasteiger charge is -2.09. The molecule has 0 radical (unpaired) electrons. The molecule has 2 aromatic carbocycles. The maximum atomic E-state index is 11.1. The monoisotopic (exact) mass is 281 g/mol. The number of fused-ring (bicyclic) bond motifs is 1. The Hall–Kier alpha value is -2.82. The summed E-state index contributed by atoms with van der Waals surface area (Å²) >= 11 is 0. The molecule has 0 saturated carbocycles. The van der Waals surface area contributed by atoms with Crippen molar-refractivity contribution < 1.29 is 4.92 Å². The van der Waals surface area contributed by atoms with Crippen LogP contribution in [0, 0.1) is 17.0 Å². The van der Waals surface area contributed by atoms with Gasteiger partial charge in [-0.15, -0.1) is 0 Å². The van der Waals surface area contributed by atoms with Gasteiger partial charge in [-0.25, -0.2) is 0 Å². The highest BCUT2D eigenvalue weighted by Gasteiger charge is 2.13. The third kappa shape index (κ3) is 2.58. The van der Waals surface area contributed by atoms with E-state index in [2.05, 4.69) is 10.3 Å². The van der Waals surface area contributed by atoms with Crippen molar-refractivity contribution in [3.63, 3.8) is 0 Å². The quantitative estimate of drug-likeness (QED) is 0.561. The molecular formula is C16H15N3O2. The van der Waals surface area contributed by atoms with Gasteiger partial charge in [0, 0.05) is 18.8 Å². The highest BCUT2D eigenvalue weighted by Crippen LogP contribution is 2.26. The van der Waals surface area contributed by atoms with E-state index < -0.39 is 0 Å². The molecule has 3 rings (SSSR count). The van der Waals surface area contributed by atoms with Crippen LogP contribution in [0.1, 0.15) is 11.1 Å². The maximum Gasteiger partial charge on any atom is 0.292 e. The average Bonchev–Trinajstić information content (AvgIpc) is 2.93. The molecule has 0 aliphatic carbocycles. The molecule has 1 heterocycles. The van der Waals surface area contributed by atoms with Gasteiger partial charge in [-0.3, -0.25) is 10.1 Å². The molecule has 0 saturated heterocycles. The number of anilines is 1. The summed E-state index contributed by atoms with van der Waals surface area (Å²) < 4.78 is 0. The molecule has 5 nitrogen and oxygen atoms in total. The Labute approximate surface area is 121 Å². The zero-order chi connectivity index (χ0) is 14.8. The number of H-pyrrole nitrogens is 1. The van der Waals surface area contributed by atoms with Crippen LogP contribution in [0.25, 0.3) is 10.9 Å². The topological polar surface area (TPSA) is 71.0 Å². The molecule has 0 atom stereocenters. The van der Waals surface area contributed by atoms with E-state index in [1.807, 2.05) is 37.4 Å². The summed E-state index contributed by atoms with van der Waals surface area (Å²) in [4.78, 5) is 13.9. The molecule has 0 amide bonds. The van der Waals surface area contributed by atoms with Gasteiger partial charge in [0.05, 0.1) is 10.4 Å². The summed E-state index contributed by atoms with van der Waals surface area (Å²) in [6, 6.07) is 13.1. The number of hydrogen-bond acceptors (Lipinski definition) is 3. The van der Waals surface area contributed by atoms with Gasteiger partial charge in [-0.2, -0.15) is 0 Å². The van der Waals surface area contributed by atoms with E-state index in [0.717, 1.165) is 22.0 Å². The van der Waals surface area contributed by atoms with Gasteiger partial charge in [0.2, 0.25) is 0 Å². The number of benzene rings is 2. The number of nitro benzene ring substituents is 1. The zero-order valence-electron chi connectivity index (χ0n) is 11.6. The van der Waals surface area contributed by atoms with Crippen molar-refractivity contribution in [2.75, 3.05) is 5.32 Å². The van der Waals surface area contributed by atoms with E-state index in [1.54, 1.807) is 12.1 Å². The number of aromatic amines is 1. The van der Waals surface area contributed by atoms with Gasteiger partial charge < -0.3 is 10.3 Å². The molecule has 21 heavy (non-hydrogen) atoms. The van der Waals surface area contributed by atoms with Gasteiger partial charge >= 0.3 is 0 Å². The first-order valence-electron chi connectivity index (χ1n) is 6.69. The normalized spacial score (nSPS) is 10.7. The second-order valence-electron chi connectivity index (χ2n) is 4.99. The number of para-hydroxylation sites is 1. The minimum Gasteiger partial charge on any atom is -0.375 e. The Morgan fingerprint density at radius 3 is 2.90 bits per heavy atom. The first-order chi connectivity index (χ1) is 10.1. The summed E-state index contributed by atoms with van der Waals surface area (Å²) in [5.74, 6) is 0. The average molecular weight is 281 g/mol. The van der Waals surface area contributed by atoms with Gasteiger partial charge in [-0.1, -0.05) is 24.3 Å². The number of rotatable bonds is 4. The van der Waals surface area contributed by atoms with Crippen LogP contribution in [0.15, 0.2) is 48.7 Å². The van der Waals surface area contributed by atoms with Gasteiger partial charge in [0.25, 0.3) is 5.69 Å². The number of nitrogens with zero attached hydrogens (tertiary/aromatic N) is 1. The predicted molar refractivity (Wildman–Crippen MR) is 83.5 cm³/mol. The van der Waals surface area contributed by atoms with Crippen molar-refractivity contribution in [2.24, 2.45) is 0 Å². The number of nitrogens with one attached hydrogen (secondary N) is 2. The van der Waals surface area contributed by atoms with E-state index in [9.17, 15) is 10.1 Å². The molecule has 1 aromatic heterocycles. The van der Waals surface area contributed by atoms with Gasteiger partial charge in [-0.05, 0) is 35.6 Å². The Balaban J connectivity index is 1.90. The molecule has 2 N–H and O–H groups in total. The van der Waals surface area contributed by atoms with E-state index >= 15 is 0 Å². The Morgan fingerprint density at radius 2 is 2.10 bits per heavy atom. The van der Waals surface area contributed by atoms with Crippen LogP contribution in [0.3, 0.4) is 0 Å². The largest absolute Gasteiger partial charge is 0.375 e. The van der Waals surface area contributed by atoms with Crippen molar-refractivity contribution >= 4 is 22.3 Å². The third-order valence-electron chi connectivity index (χ3n) is 3.49. The second-order valence-corrected chi connectivity index (χ2v) is 4.99. The van der Waals surface area contributed by atoms with E-state index in [1.165, 1.54) is 6.07 Å². The summed E-state index contributed by atoms with van der Waals surface area (Å²) in [5, 5.41) is 15.4. The van der Waals surface area contributed by atoms with Crippen molar-refractivity contribution in [1.29, 1.82) is 0 Å². The maximum absolute atomic E-state index is 11.1. The van der Waals surface area contributed by atoms with Crippen LogP contribution in [0.4, 0.5) is 11.4 Å². The van der Waals surface area contributed by atoms with Crippen molar-refractivity contribution in [3.8, 4) is 0 Å². The first-order valence-corrected chi connectivity index (χ1v) is 6.69. The summed E-state index contributed by atoms with van der Waals surface area (Å²) in [7, 11) is 0. The lowest BCUT2D eigenvalue weighted by atomic mass is 10.1. The Morgan fingerprint density at radius 1 is 1.24 bits per heavy atom. The van der Waals surface area contributed by atoms with Crippen LogP contribution < -0.4 is 5.32 Å². The number of nitro groups is 1. The fourth-order valence-electron chi connectivity index (χ4n) is 2.44. The number of aromatic nitrogens is 1. The summed E-state index contributed by atoms with van der Waals surface area (Å²) in [6.45, 7) is 2.45. The molecular weight excluding hydrogens is 266 g/mol. The van der Waals surface area contributed by atoms with E-state index in [-0.39, 0.29) is 10.6 Å². The molecule has 0 fully saturated rings. The molecule has 0 aliphatic heterocycles. The smallest absolute Gasteiger partial charge is 0.292 e. The Kier molecular flexibility index (Phi) is 3.31.